The van der Waals surface area contributed by atoms with E-state index in [0.29, 0.717) is 29.0 Å². The number of nitrogens with one attached hydrogen (secondary N) is 1. The second-order valence-electron chi connectivity index (χ2n) is 6.04. The quantitative estimate of drug-likeness (QED) is 0.837. The monoisotopic (exact) mass is 383 g/mol. The van der Waals surface area contributed by atoms with Gasteiger partial charge in [0.1, 0.15) is 16.6 Å². The van der Waals surface area contributed by atoms with E-state index < -0.39 is 10.2 Å². The van der Waals surface area contributed by atoms with Gasteiger partial charge in [-0.1, -0.05) is 11.3 Å². The molecular formula is C14H21N7O2S2. The summed E-state index contributed by atoms with van der Waals surface area (Å²) < 4.78 is 27.9. The van der Waals surface area contributed by atoms with E-state index in [0.717, 1.165) is 17.8 Å². The molecule has 1 aliphatic rings. The first-order valence-electron chi connectivity index (χ1n) is 7.89. The van der Waals surface area contributed by atoms with Crippen molar-refractivity contribution >= 4 is 32.5 Å². The van der Waals surface area contributed by atoms with Crippen LogP contribution in [0.2, 0.25) is 0 Å². The van der Waals surface area contributed by atoms with Gasteiger partial charge in [-0.25, -0.2) is 9.97 Å². The van der Waals surface area contributed by atoms with Crippen LogP contribution in [0, 0.1) is 13.8 Å². The minimum atomic E-state index is -3.49. The summed E-state index contributed by atoms with van der Waals surface area (Å²) in [4.78, 5) is 8.85. The Morgan fingerprint density at radius 3 is 2.68 bits per heavy atom. The Balaban J connectivity index is 1.91. The number of nitrogens with zero attached hydrogens (tertiary/aromatic N) is 6. The summed E-state index contributed by atoms with van der Waals surface area (Å²) in [6.45, 7) is 4.16. The minimum absolute atomic E-state index is 0.286. The van der Waals surface area contributed by atoms with E-state index in [-0.39, 0.29) is 6.04 Å². The molecular weight excluding hydrogens is 362 g/mol. The van der Waals surface area contributed by atoms with Crippen molar-refractivity contribution in [1.29, 1.82) is 0 Å². The van der Waals surface area contributed by atoms with E-state index in [2.05, 4.69) is 25.5 Å². The first-order valence-corrected chi connectivity index (χ1v) is 10.1. The normalized spacial score (nSPS) is 18.8. The van der Waals surface area contributed by atoms with Gasteiger partial charge in [0.15, 0.2) is 0 Å². The van der Waals surface area contributed by atoms with Crippen LogP contribution in [0.4, 0.5) is 10.9 Å². The Morgan fingerprint density at radius 1 is 1.28 bits per heavy atom. The summed E-state index contributed by atoms with van der Waals surface area (Å²) in [6.07, 6.45) is 1.54. The molecule has 3 heterocycles. The fourth-order valence-corrected chi connectivity index (χ4v) is 4.72. The maximum Gasteiger partial charge on any atom is 0.282 e. The van der Waals surface area contributed by atoms with Crippen LogP contribution in [0.5, 0.6) is 0 Å². The van der Waals surface area contributed by atoms with Crippen molar-refractivity contribution in [2.45, 2.75) is 32.7 Å². The van der Waals surface area contributed by atoms with Crippen LogP contribution >= 0.6 is 11.3 Å². The van der Waals surface area contributed by atoms with Gasteiger partial charge in [0, 0.05) is 26.7 Å². The molecule has 1 N–H and O–H groups in total. The van der Waals surface area contributed by atoms with Gasteiger partial charge in [0.25, 0.3) is 10.2 Å². The molecule has 1 fully saturated rings. The number of rotatable bonds is 5. The van der Waals surface area contributed by atoms with Gasteiger partial charge in [-0.15, -0.1) is 10.2 Å². The van der Waals surface area contributed by atoms with Crippen LogP contribution in [0.3, 0.4) is 0 Å². The van der Waals surface area contributed by atoms with E-state index in [1.54, 1.807) is 27.1 Å². The zero-order valence-corrected chi connectivity index (χ0v) is 16.2. The molecule has 2 aromatic heterocycles. The van der Waals surface area contributed by atoms with Crippen molar-refractivity contribution in [3.05, 3.63) is 22.6 Å². The summed E-state index contributed by atoms with van der Waals surface area (Å²) in [7, 11) is -0.405. The first kappa shape index (κ1) is 18.1. The molecule has 2 aromatic rings. The molecule has 0 spiro atoms. The molecule has 0 amide bonds. The van der Waals surface area contributed by atoms with Gasteiger partial charge in [0.05, 0.1) is 11.7 Å². The van der Waals surface area contributed by atoms with Crippen LogP contribution in [-0.4, -0.2) is 57.8 Å². The van der Waals surface area contributed by atoms with Gasteiger partial charge in [-0.05, 0) is 26.7 Å². The average Bonchev–Trinajstić information content (AvgIpc) is 3.16. The lowest BCUT2D eigenvalue weighted by molar-refractivity contribution is 0.357. The summed E-state index contributed by atoms with van der Waals surface area (Å²) >= 11 is 1.43. The lowest BCUT2D eigenvalue weighted by atomic mass is 10.1. The molecule has 9 nitrogen and oxygen atoms in total. The molecule has 0 bridgehead atoms. The van der Waals surface area contributed by atoms with Crippen LogP contribution in [-0.2, 0) is 10.2 Å². The lowest BCUT2D eigenvalue weighted by Crippen LogP contribution is -2.39. The van der Waals surface area contributed by atoms with Crippen LogP contribution in [0.15, 0.2) is 6.07 Å². The Morgan fingerprint density at radius 2 is 2.04 bits per heavy atom. The van der Waals surface area contributed by atoms with Crippen LogP contribution in [0.1, 0.15) is 35.4 Å². The fourth-order valence-electron chi connectivity index (χ4n) is 2.80. The molecule has 1 atom stereocenters. The van der Waals surface area contributed by atoms with Crippen molar-refractivity contribution in [1.82, 2.24) is 28.8 Å². The highest BCUT2D eigenvalue weighted by atomic mass is 32.2. The summed E-state index contributed by atoms with van der Waals surface area (Å²) in [5, 5.41) is 12.6. The third kappa shape index (κ3) is 3.78. The molecule has 11 heteroatoms. The van der Waals surface area contributed by atoms with Crippen molar-refractivity contribution in [3.8, 4) is 0 Å². The Bertz CT molecular complexity index is 866. The number of hydrogen-bond donors (Lipinski definition) is 1. The van der Waals surface area contributed by atoms with E-state index >= 15 is 0 Å². The van der Waals surface area contributed by atoms with Gasteiger partial charge < -0.3 is 5.32 Å². The highest BCUT2D eigenvalue weighted by molar-refractivity contribution is 7.86. The van der Waals surface area contributed by atoms with Gasteiger partial charge in [-0.2, -0.15) is 17.0 Å². The summed E-state index contributed by atoms with van der Waals surface area (Å²) in [5.41, 5.74) is 0.694. The van der Waals surface area contributed by atoms with Crippen molar-refractivity contribution in [2.75, 3.05) is 26.0 Å². The molecule has 0 aliphatic carbocycles. The van der Waals surface area contributed by atoms with Crippen molar-refractivity contribution < 1.29 is 8.42 Å². The molecule has 25 heavy (non-hydrogen) atoms. The average molecular weight is 384 g/mol. The molecule has 136 valence electrons. The summed E-state index contributed by atoms with van der Waals surface area (Å²) in [6, 6.07) is 1.50. The molecule has 0 unspecified atom stereocenters. The molecule has 0 saturated carbocycles. The van der Waals surface area contributed by atoms with E-state index in [4.69, 9.17) is 0 Å². The third-order valence-electron chi connectivity index (χ3n) is 3.92. The van der Waals surface area contributed by atoms with Gasteiger partial charge in [0.2, 0.25) is 5.13 Å². The Labute approximate surface area is 151 Å². The maximum atomic E-state index is 12.6. The van der Waals surface area contributed by atoms with Crippen LogP contribution in [0.25, 0.3) is 0 Å². The smallest absolute Gasteiger partial charge is 0.282 e. The Hall–Kier alpha value is -1.69. The fraction of sp³-hybridized carbons (Fsp3) is 0.571. The zero-order chi connectivity index (χ0) is 18.2. The molecule has 0 aromatic carbocycles. The van der Waals surface area contributed by atoms with E-state index in [1.807, 2.05) is 6.92 Å². The zero-order valence-electron chi connectivity index (χ0n) is 14.6. The van der Waals surface area contributed by atoms with Crippen molar-refractivity contribution in [3.63, 3.8) is 0 Å². The molecule has 1 aliphatic heterocycles. The maximum absolute atomic E-state index is 12.6. The number of aryl methyl sites for hydroxylation is 2. The minimum Gasteiger partial charge on any atom is -0.315 e. The van der Waals surface area contributed by atoms with E-state index in [9.17, 15) is 8.42 Å². The number of aromatic nitrogens is 4. The van der Waals surface area contributed by atoms with Gasteiger partial charge in [-0.3, -0.25) is 0 Å². The van der Waals surface area contributed by atoms with E-state index in [1.165, 1.54) is 19.9 Å². The standard InChI is InChI=1S/C14H21N7O2S2/c1-9-15-11(8-13(16-9)17-14-19-18-10(2)24-14)12-6-5-7-21(12)25(22,23)20(3)4/h8,12H,5-7H2,1-4H3,(H,15,16,17,19)/t12-/m1/s1. The number of hydrogen-bond acceptors (Lipinski definition) is 8. The summed E-state index contributed by atoms with van der Waals surface area (Å²) in [5.74, 6) is 1.17. The molecule has 3 rings (SSSR count). The van der Waals surface area contributed by atoms with Crippen molar-refractivity contribution in [2.24, 2.45) is 0 Å². The highest BCUT2D eigenvalue weighted by Crippen LogP contribution is 2.35. The number of anilines is 2. The van der Waals surface area contributed by atoms with Crippen LogP contribution < -0.4 is 5.32 Å². The Kier molecular flexibility index (Phi) is 5.00. The van der Waals surface area contributed by atoms with Gasteiger partial charge >= 0.3 is 0 Å². The third-order valence-corrected chi connectivity index (χ3v) is 6.63. The topological polar surface area (TPSA) is 104 Å². The lowest BCUT2D eigenvalue weighted by Gasteiger charge is -2.26. The second-order valence-corrected chi connectivity index (χ2v) is 9.31. The molecule has 0 radical (unpaired) electrons. The second kappa shape index (κ2) is 6.90. The molecule has 1 saturated heterocycles. The first-order chi connectivity index (χ1) is 11.8. The SMILES string of the molecule is Cc1nc(Nc2nnc(C)s2)cc([C@H]2CCCN2S(=O)(=O)N(C)C)n1. The predicted molar refractivity (Wildman–Crippen MR) is 96.0 cm³/mol. The largest absolute Gasteiger partial charge is 0.315 e. The highest BCUT2D eigenvalue weighted by Gasteiger charge is 2.37. The predicted octanol–water partition coefficient (Wildman–Crippen LogP) is 1.63.